The van der Waals surface area contributed by atoms with Crippen molar-refractivity contribution in [1.82, 2.24) is 18.0 Å². The number of nitrogens with zero attached hydrogens (tertiary/aromatic N) is 4. The number of rotatable bonds is 5. The molecular weight excluding hydrogens is 398 g/mol. The Bertz CT molecular complexity index is 1080. The first kappa shape index (κ1) is 18.9. The fourth-order valence-corrected chi connectivity index (χ4v) is 5.36. The Morgan fingerprint density at radius 2 is 1.75 bits per heavy atom. The Balaban J connectivity index is 1.38. The molecule has 4 rings (SSSR count). The fourth-order valence-electron chi connectivity index (χ4n) is 3.18. The van der Waals surface area contributed by atoms with Crippen LogP contribution in [0.3, 0.4) is 0 Å². The Labute approximate surface area is 167 Å². The molecule has 28 heavy (non-hydrogen) atoms. The second-order valence-electron chi connectivity index (χ2n) is 6.48. The quantitative estimate of drug-likeness (QED) is 0.678. The Hall–Kier alpha value is -2.40. The van der Waals surface area contributed by atoms with Crippen LogP contribution in [0.4, 0.5) is 5.69 Å². The number of aromatic nitrogens is 2. The van der Waals surface area contributed by atoms with E-state index in [1.54, 1.807) is 18.2 Å². The number of hydrogen-bond donors (Lipinski definition) is 1. The number of benzene rings is 2. The SMILES string of the molecule is O=C(CN1CCN(S(=O)(=O)c2cccc3nsnc23)CC1)Nc1ccccc1. The third kappa shape index (κ3) is 3.90. The molecule has 0 unspecified atom stereocenters. The van der Waals surface area contributed by atoms with Crippen LogP contribution in [0.25, 0.3) is 11.0 Å². The summed E-state index contributed by atoms with van der Waals surface area (Å²) in [5, 5.41) is 2.85. The van der Waals surface area contributed by atoms with E-state index in [0.717, 1.165) is 17.4 Å². The number of fused-ring (bicyclic) bond motifs is 1. The summed E-state index contributed by atoms with van der Waals surface area (Å²) in [5.41, 5.74) is 1.75. The summed E-state index contributed by atoms with van der Waals surface area (Å²) in [4.78, 5) is 14.3. The molecule has 0 saturated carbocycles. The lowest BCUT2D eigenvalue weighted by molar-refractivity contribution is -0.117. The predicted molar refractivity (Wildman–Crippen MR) is 108 cm³/mol. The molecular formula is C18H19N5O3S2. The number of para-hydroxylation sites is 1. The number of hydrogen-bond acceptors (Lipinski definition) is 7. The van der Waals surface area contributed by atoms with Gasteiger partial charge in [-0.1, -0.05) is 24.3 Å². The summed E-state index contributed by atoms with van der Waals surface area (Å²) < 4.78 is 35.8. The molecule has 8 nitrogen and oxygen atoms in total. The summed E-state index contributed by atoms with van der Waals surface area (Å²) in [7, 11) is -3.65. The third-order valence-electron chi connectivity index (χ3n) is 4.62. The fraction of sp³-hybridized carbons (Fsp3) is 0.278. The molecule has 0 bridgehead atoms. The van der Waals surface area contributed by atoms with Crippen molar-refractivity contribution in [3.63, 3.8) is 0 Å². The molecule has 1 aliphatic rings. The van der Waals surface area contributed by atoms with E-state index < -0.39 is 10.0 Å². The van der Waals surface area contributed by atoms with Crippen LogP contribution >= 0.6 is 11.7 Å². The molecule has 1 saturated heterocycles. The molecule has 146 valence electrons. The number of sulfonamides is 1. The molecule has 1 N–H and O–H groups in total. The van der Waals surface area contributed by atoms with Crippen LogP contribution in [-0.4, -0.2) is 65.0 Å². The minimum absolute atomic E-state index is 0.110. The van der Waals surface area contributed by atoms with Gasteiger partial charge in [0.2, 0.25) is 15.9 Å². The standard InChI is InChI=1S/C18H19N5O3S2/c24-17(19-14-5-2-1-3-6-14)13-22-9-11-23(12-10-22)28(25,26)16-8-4-7-15-18(16)21-27-20-15/h1-8H,9-13H2,(H,19,24). The van der Waals surface area contributed by atoms with Gasteiger partial charge in [0.05, 0.1) is 18.3 Å². The van der Waals surface area contributed by atoms with Gasteiger partial charge in [0.15, 0.2) is 0 Å². The molecule has 0 spiro atoms. The lowest BCUT2D eigenvalue weighted by Crippen LogP contribution is -2.50. The largest absolute Gasteiger partial charge is 0.325 e. The average Bonchev–Trinajstić information content (AvgIpc) is 3.18. The van der Waals surface area contributed by atoms with Gasteiger partial charge >= 0.3 is 0 Å². The van der Waals surface area contributed by atoms with Gasteiger partial charge in [0.1, 0.15) is 15.9 Å². The van der Waals surface area contributed by atoms with Gasteiger partial charge in [0, 0.05) is 31.9 Å². The molecule has 3 aromatic rings. The van der Waals surface area contributed by atoms with Crippen molar-refractivity contribution in [1.29, 1.82) is 0 Å². The molecule has 2 heterocycles. The number of nitrogens with one attached hydrogen (secondary N) is 1. The van der Waals surface area contributed by atoms with Crippen molar-refractivity contribution in [2.75, 3.05) is 38.0 Å². The number of anilines is 1. The maximum atomic E-state index is 13.0. The van der Waals surface area contributed by atoms with Crippen molar-refractivity contribution in [3.8, 4) is 0 Å². The van der Waals surface area contributed by atoms with E-state index in [2.05, 4.69) is 14.1 Å². The van der Waals surface area contributed by atoms with Crippen molar-refractivity contribution in [2.45, 2.75) is 4.90 Å². The molecule has 1 aromatic heterocycles. The van der Waals surface area contributed by atoms with Gasteiger partial charge < -0.3 is 5.32 Å². The van der Waals surface area contributed by atoms with Gasteiger partial charge in [-0.25, -0.2) is 8.42 Å². The van der Waals surface area contributed by atoms with E-state index in [1.807, 2.05) is 35.2 Å². The molecule has 1 fully saturated rings. The van der Waals surface area contributed by atoms with E-state index in [-0.39, 0.29) is 17.3 Å². The molecule has 0 atom stereocenters. The van der Waals surface area contributed by atoms with Crippen molar-refractivity contribution in [2.24, 2.45) is 0 Å². The van der Waals surface area contributed by atoms with Gasteiger partial charge in [-0.15, -0.1) is 0 Å². The van der Waals surface area contributed by atoms with Crippen molar-refractivity contribution >= 4 is 44.4 Å². The minimum Gasteiger partial charge on any atom is -0.325 e. The smallest absolute Gasteiger partial charge is 0.245 e. The average molecular weight is 418 g/mol. The third-order valence-corrected chi connectivity index (χ3v) is 7.10. The zero-order chi connectivity index (χ0) is 19.6. The molecule has 1 amide bonds. The molecule has 10 heteroatoms. The zero-order valence-electron chi connectivity index (χ0n) is 15.0. The highest BCUT2D eigenvalue weighted by Gasteiger charge is 2.31. The van der Waals surface area contributed by atoms with E-state index in [9.17, 15) is 13.2 Å². The lowest BCUT2D eigenvalue weighted by Gasteiger charge is -2.33. The normalized spacial score (nSPS) is 16.3. The van der Waals surface area contributed by atoms with E-state index in [1.165, 1.54) is 4.31 Å². The van der Waals surface area contributed by atoms with Crippen LogP contribution in [0.2, 0.25) is 0 Å². The molecule has 0 aliphatic carbocycles. The topological polar surface area (TPSA) is 95.5 Å². The maximum Gasteiger partial charge on any atom is 0.245 e. The van der Waals surface area contributed by atoms with Gasteiger partial charge in [0.25, 0.3) is 0 Å². The van der Waals surface area contributed by atoms with Crippen molar-refractivity contribution < 1.29 is 13.2 Å². The van der Waals surface area contributed by atoms with Crippen LogP contribution in [0.1, 0.15) is 0 Å². The second kappa shape index (κ2) is 7.92. The lowest BCUT2D eigenvalue weighted by atomic mass is 10.3. The van der Waals surface area contributed by atoms with Gasteiger partial charge in [-0.2, -0.15) is 13.1 Å². The van der Waals surface area contributed by atoms with Crippen LogP contribution < -0.4 is 5.32 Å². The van der Waals surface area contributed by atoms with Crippen LogP contribution in [0, 0.1) is 0 Å². The summed E-state index contributed by atoms with van der Waals surface area (Å²) in [6, 6.07) is 14.3. The number of carbonyl (C=O) groups excluding carboxylic acids is 1. The summed E-state index contributed by atoms with van der Waals surface area (Å²) in [5.74, 6) is -0.110. The Morgan fingerprint density at radius 3 is 2.50 bits per heavy atom. The summed E-state index contributed by atoms with van der Waals surface area (Å²) in [6.07, 6.45) is 0. The number of piperazine rings is 1. The van der Waals surface area contributed by atoms with Crippen LogP contribution in [-0.2, 0) is 14.8 Å². The van der Waals surface area contributed by atoms with Crippen LogP contribution in [0.5, 0.6) is 0 Å². The second-order valence-corrected chi connectivity index (χ2v) is 8.92. The minimum atomic E-state index is -3.65. The first-order valence-corrected chi connectivity index (χ1v) is 11.0. The first-order valence-electron chi connectivity index (χ1n) is 8.83. The Morgan fingerprint density at radius 1 is 1.00 bits per heavy atom. The number of carbonyl (C=O) groups is 1. The highest BCUT2D eigenvalue weighted by Crippen LogP contribution is 2.25. The van der Waals surface area contributed by atoms with E-state index in [4.69, 9.17) is 0 Å². The molecule has 2 aromatic carbocycles. The van der Waals surface area contributed by atoms with Gasteiger partial charge in [-0.05, 0) is 24.3 Å². The van der Waals surface area contributed by atoms with E-state index >= 15 is 0 Å². The zero-order valence-corrected chi connectivity index (χ0v) is 16.6. The summed E-state index contributed by atoms with van der Waals surface area (Å²) in [6.45, 7) is 1.87. The highest BCUT2D eigenvalue weighted by atomic mass is 32.2. The monoisotopic (exact) mass is 417 g/mol. The van der Waals surface area contributed by atoms with Crippen molar-refractivity contribution in [3.05, 3.63) is 48.5 Å². The van der Waals surface area contributed by atoms with Gasteiger partial charge in [-0.3, -0.25) is 9.69 Å². The van der Waals surface area contributed by atoms with E-state index in [0.29, 0.717) is 37.2 Å². The maximum absolute atomic E-state index is 13.0. The first-order chi connectivity index (χ1) is 13.5. The van der Waals surface area contributed by atoms with Crippen LogP contribution in [0.15, 0.2) is 53.4 Å². The summed E-state index contributed by atoms with van der Waals surface area (Å²) >= 11 is 1.00. The highest BCUT2D eigenvalue weighted by molar-refractivity contribution is 7.89. The Kier molecular flexibility index (Phi) is 5.36. The molecule has 0 radical (unpaired) electrons. The predicted octanol–water partition coefficient (Wildman–Crippen LogP) is 1.64. The number of amides is 1. The molecule has 1 aliphatic heterocycles.